The number of carbonyl (C=O) groups is 1. The summed E-state index contributed by atoms with van der Waals surface area (Å²) in [7, 11) is 1.65. The van der Waals surface area contributed by atoms with Crippen molar-refractivity contribution in [3.05, 3.63) is 34.3 Å². The zero-order valence-electron chi connectivity index (χ0n) is 10.5. The van der Waals surface area contributed by atoms with Crippen LogP contribution < -0.4 is 5.32 Å². The van der Waals surface area contributed by atoms with Gasteiger partial charge in [-0.3, -0.25) is 4.79 Å². The van der Waals surface area contributed by atoms with Gasteiger partial charge in [0, 0.05) is 18.5 Å². The minimum absolute atomic E-state index is 0.142. The molecule has 1 amide bonds. The van der Waals surface area contributed by atoms with E-state index in [1.165, 1.54) is 0 Å². The van der Waals surface area contributed by atoms with E-state index < -0.39 is 0 Å². The molecule has 0 fully saturated rings. The molecule has 0 aliphatic carbocycles. The summed E-state index contributed by atoms with van der Waals surface area (Å²) in [5, 5.41) is 3.33. The van der Waals surface area contributed by atoms with E-state index in [0.717, 1.165) is 12.0 Å². The van der Waals surface area contributed by atoms with Gasteiger partial charge in [0.25, 0.3) is 5.91 Å². The monoisotopic (exact) mass is 333 g/mol. The van der Waals surface area contributed by atoms with Crippen molar-refractivity contribution in [3.63, 3.8) is 0 Å². The molecule has 5 heteroatoms. The first-order valence-electron chi connectivity index (χ1n) is 5.72. The van der Waals surface area contributed by atoms with Gasteiger partial charge in [0.05, 0.1) is 17.2 Å². The largest absolute Gasteiger partial charge is 0.384 e. The number of benzene rings is 1. The smallest absolute Gasteiger partial charge is 0.252 e. The third kappa shape index (κ3) is 4.96. The molecule has 3 nitrogen and oxygen atoms in total. The minimum atomic E-state index is -0.142. The molecule has 1 atom stereocenters. The van der Waals surface area contributed by atoms with Gasteiger partial charge in [-0.05, 0) is 31.0 Å². The van der Waals surface area contributed by atoms with E-state index in [2.05, 4.69) is 21.2 Å². The van der Waals surface area contributed by atoms with E-state index in [1.807, 2.05) is 13.0 Å². The summed E-state index contributed by atoms with van der Waals surface area (Å²) in [6.07, 6.45) is 0.809. The molecule has 1 aromatic rings. The molecule has 0 aliphatic heterocycles. The van der Waals surface area contributed by atoms with Crippen LogP contribution in [0, 0.1) is 6.92 Å². The van der Waals surface area contributed by atoms with Crippen LogP contribution in [0.2, 0.25) is 5.02 Å². The first-order chi connectivity index (χ1) is 8.54. The SMILES string of the molecule is COCC(Br)CCNC(=O)c1ccc(C)cc1Cl. The van der Waals surface area contributed by atoms with Crippen molar-refractivity contribution in [2.75, 3.05) is 20.3 Å². The van der Waals surface area contributed by atoms with Crippen molar-refractivity contribution in [2.45, 2.75) is 18.2 Å². The molecule has 0 aromatic heterocycles. The Bertz CT molecular complexity index is 412. The Labute approximate surface area is 121 Å². The predicted octanol–water partition coefficient (Wildman–Crippen LogP) is 3.18. The molecule has 0 bridgehead atoms. The van der Waals surface area contributed by atoms with Crippen molar-refractivity contribution in [1.82, 2.24) is 5.32 Å². The Hall–Kier alpha value is -0.580. The Morgan fingerprint density at radius 2 is 2.28 bits per heavy atom. The molecule has 0 heterocycles. The van der Waals surface area contributed by atoms with Gasteiger partial charge in [0.1, 0.15) is 0 Å². The second-order valence-electron chi connectivity index (χ2n) is 4.08. The van der Waals surface area contributed by atoms with Crippen LogP contribution in [0.5, 0.6) is 0 Å². The maximum atomic E-state index is 11.9. The Morgan fingerprint density at radius 3 is 2.89 bits per heavy atom. The molecule has 1 rings (SSSR count). The van der Waals surface area contributed by atoms with Gasteiger partial charge in [-0.15, -0.1) is 0 Å². The average molecular weight is 335 g/mol. The van der Waals surface area contributed by atoms with E-state index in [9.17, 15) is 4.79 Å². The summed E-state index contributed by atoms with van der Waals surface area (Å²) in [4.78, 5) is 12.1. The summed E-state index contributed by atoms with van der Waals surface area (Å²) in [6, 6.07) is 5.40. The van der Waals surface area contributed by atoms with Gasteiger partial charge in [0.2, 0.25) is 0 Å². The topological polar surface area (TPSA) is 38.3 Å². The maximum Gasteiger partial charge on any atom is 0.252 e. The van der Waals surface area contributed by atoms with E-state index in [4.69, 9.17) is 16.3 Å². The summed E-state index contributed by atoms with van der Waals surface area (Å²) >= 11 is 9.49. The van der Waals surface area contributed by atoms with Crippen LogP contribution in [0.25, 0.3) is 0 Å². The molecule has 100 valence electrons. The van der Waals surface area contributed by atoms with Crippen LogP contribution in [0.3, 0.4) is 0 Å². The summed E-state index contributed by atoms with van der Waals surface area (Å²) in [5.41, 5.74) is 1.55. The molecular weight excluding hydrogens is 318 g/mol. The summed E-state index contributed by atoms with van der Waals surface area (Å²) < 4.78 is 5.00. The number of hydrogen-bond donors (Lipinski definition) is 1. The predicted molar refractivity (Wildman–Crippen MR) is 77.7 cm³/mol. The van der Waals surface area contributed by atoms with Crippen LogP contribution in [0.4, 0.5) is 0 Å². The lowest BCUT2D eigenvalue weighted by Gasteiger charge is -2.10. The van der Waals surface area contributed by atoms with E-state index in [0.29, 0.717) is 23.7 Å². The highest BCUT2D eigenvalue weighted by atomic mass is 79.9. The van der Waals surface area contributed by atoms with Crippen LogP contribution >= 0.6 is 27.5 Å². The lowest BCUT2D eigenvalue weighted by molar-refractivity contribution is 0.0952. The third-order valence-corrected chi connectivity index (χ3v) is 3.49. The lowest BCUT2D eigenvalue weighted by Crippen LogP contribution is -2.27. The standard InChI is InChI=1S/C13H17BrClNO2/c1-9-3-4-11(12(15)7-9)13(17)16-6-5-10(14)8-18-2/h3-4,7,10H,5-6,8H2,1-2H3,(H,16,17). The van der Waals surface area contributed by atoms with Gasteiger partial charge < -0.3 is 10.1 Å². The van der Waals surface area contributed by atoms with Crippen molar-refractivity contribution in [1.29, 1.82) is 0 Å². The molecule has 18 heavy (non-hydrogen) atoms. The number of methoxy groups -OCH3 is 1. The molecular formula is C13H17BrClNO2. The Kier molecular flexibility index (Phi) is 6.68. The molecule has 1 N–H and O–H groups in total. The van der Waals surface area contributed by atoms with Gasteiger partial charge in [-0.1, -0.05) is 33.6 Å². The third-order valence-electron chi connectivity index (χ3n) is 2.46. The highest BCUT2D eigenvalue weighted by Gasteiger charge is 2.10. The highest BCUT2D eigenvalue weighted by Crippen LogP contribution is 2.17. The quantitative estimate of drug-likeness (QED) is 0.812. The average Bonchev–Trinajstić information content (AvgIpc) is 2.29. The number of hydrogen-bond acceptors (Lipinski definition) is 2. The fourth-order valence-corrected chi connectivity index (χ4v) is 2.32. The van der Waals surface area contributed by atoms with Crippen LogP contribution in [-0.2, 0) is 4.74 Å². The highest BCUT2D eigenvalue weighted by molar-refractivity contribution is 9.09. The van der Waals surface area contributed by atoms with E-state index in [1.54, 1.807) is 19.2 Å². The van der Waals surface area contributed by atoms with Crippen molar-refractivity contribution in [3.8, 4) is 0 Å². The summed E-state index contributed by atoms with van der Waals surface area (Å²) in [5.74, 6) is -0.142. The van der Waals surface area contributed by atoms with Crippen molar-refractivity contribution < 1.29 is 9.53 Å². The minimum Gasteiger partial charge on any atom is -0.384 e. The van der Waals surface area contributed by atoms with Crippen molar-refractivity contribution >= 4 is 33.4 Å². The number of halogens is 2. The molecule has 0 radical (unpaired) electrons. The first-order valence-corrected chi connectivity index (χ1v) is 7.01. The molecule has 0 spiro atoms. The number of ether oxygens (including phenoxy) is 1. The molecule has 0 aliphatic rings. The second kappa shape index (κ2) is 7.77. The lowest BCUT2D eigenvalue weighted by atomic mass is 10.1. The Balaban J connectivity index is 2.45. The van der Waals surface area contributed by atoms with Gasteiger partial charge >= 0.3 is 0 Å². The zero-order chi connectivity index (χ0) is 13.5. The van der Waals surface area contributed by atoms with Gasteiger partial charge in [-0.25, -0.2) is 0 Å². The fourth-order valence-electron chi connectivity index (χ4n) is 1.51. The number of rotatable bonds is 6. The number of carbonyl (C=O) groups excluding carboxylic acids is 1. The molecule has 0 saturated heterocycles. The Morgan fingerprint density at radius 1 is 1.56 bits per heavy atom. The number of aryl methyl sites for hydroxylation is 1. The normalized spacial score (nSPS) is 12.2. The number of alkyl halides is 1. The first kappa shape index (κ1) is 15.5. The van der Waals surface area contributed by atoms with E-state index in [-0.39, 0.29) is 10.7 Å². The van der Waals surface area contributed by atoms with Gasteiger partial charge in [0.15, 0.2) is 0 Å². The van der Waals surface area contributed by atoms with Crippen LogP contribution in [0.15, 0.2) is 18.2 Å². The van der Waals surface area contributed by atoms with E-state index >= 15 is 0 Å². The fraction of sp³-hybridized carbons (Fsp3) is 0.462. The van der Waals surface area contributed by atoms with Crippen LogP contribution in [-0.4, -0.2) is 31.0 Å². The number of amides is 1. The summed E-state index contributed by atoms with van der Waals surface area (Å²) in [6.45, 7) is 3.15. The number of nitrogens with one attached hydrogen (secondary N) is 1. The molecule has 0 saturated carbocycles. The molecule has 1 aromatic carbocycles. The molecule has 1 unspecified atom stereocenters. The maximum absolute atomic E-state index is 11.9. The van der Waals surface area contributed by atoms with Crippen molar-refractivity contribution in [2.24, 2.45) is 0 Å². The zero-order valence-corrected chi connectivity index (χ0v) is 12.8. The van der Waals surface area contributed by atoms with Gasteiger partial charge in [-0.2, -0.15) is 0 Å². The van der Waals surface area contributed by atoms with Crippen LogP contribution in [0.1, 0.15) is 22.3 Å². The second-order valence-corrected chi connectivity index (χ2v) is 5.78.